The molecule has 1 aliphatic rings. The SMILES string of the molecule is Cc1ccccc1C(=O)N(Cc1cccs1)C1CC(=O)N(c2ccc(I)cc2)C1=O. The van der Waals surface area contributed by atoms with Gasteiger partial charge in [-0.2, -0.15) is 0 Å². The van der Waals surface area contributed by atoms with Crippen LogP contribution in [0.15, 0.2) is 66.0 Å². The lowest BCUT2D eigenvalue weighted by molar-refractivity contribution is -0.122. The molecule has 1 saturated heterocycles. The number of carbonyl (C=O) groups is 3. The molecule has 2 aromatic carbocycles. The van der Waals surface area contributed by atoms with Crippen molar-refractivity contribution in [3.05, 3.63) is 85.6 Å². The summed E-state index contributed by atoms with van der Waals surface area (Å²) < 4.78 is 1.01. The second kappa shape index (κ2) is 8.69. The van der Waals surface area contributed by atoms with Crippen LogP contribution in [0.1, 0.15) is 27.2 Å². The second-order valence-corrected chi connectivity index (χ2v) is 9.37. The fraction of sp³-hybridized carbons (Fsp3) is 0.174. The molecular formula is C23H19IN2O3S. The summed E-state index contributed by atoms with van der Waals surface area (Å²) in [6.07, 6.45) is -0.0200. The molecule has 152 valence electrons. The van der Waals surface area contributed by atoms with E-state index in [0.29, 0.717) is 11.3 Å². The Morgan fingerprint density at radius 2 is 1.83 bits per heavy atom. The van der Waals surface area contributed by atoms with Crippen LogP contribution >= 0.6 is 33.9 Å². The standard InChI is InChI=1S/C23H19IN2O3S/c1-15-5-2-3-7-19(15)22(28)25(14-18-6-4-12-30-18)20-13-21(27)26(23(20)29)17-10-8-16(24)9-11-17/h2-12,20H,13-14H2,1H3. The van der Waals surface area contributed by atoms with Crippen molar-refractivity contribution in [2.75, 3.05) is 4.90 Å². The van der Waals surface area contributed by atoms with E-state index in [0.717, 1.165) is 14.0 Å². The summed E-state index contributed by atoms with van der Waals surface area (Å²) in [5, 5.41) is 1.94. The molecule has 0 spiro atoms. The molecule has 1 aliphatic heterocycles. The highest BCUT2D eigenvalue weighted by molar-refractivity contribution is 14.1. The molecule has 0 bridgehead atoms. The second-order valence-electron chi connectivity index (χ2n) is 7.09. The molecule has 5 nitrogen and oxygen atoms in total. The van der Waals surface area contributed by atoms with E-state index in [4.69, 9.17) is 0 Å². The first kappa shape index (κ1) is 20.7. The number of carbonyl (C=O) groups excluding carboxylic acids is 3. The van der Waals surface area contributed by atoms with Crippen molar-refractivity contribution in [3.63, 3.8) is 0 Å². The van der Waals surface area contributed by atoms with Gasteiger partial charge in [0, 0.05) is 14.0 Å². The highest BCUT2D eigenvalue weighted by Crippen LogP contribution is 2.29. The highest BCUT2D eigenvalue weighted by atomic mass is 127. The highest BCUT2D eigenvalue weighted by Gasteiger charge is 2.44. The number of aryl methyl sites for hydroxylation is 1. The monoisotopic (exact) mass is 530 g/mol. The van der Waals surface area contributed by atoms with Gasteiger partial charge in [-0.3, -0.25) is 14.4 Å². The first-order chi connectivity index (χ1) is 14.5. The van der Waals surface area contributed by atoms with Crippen molar-refractivity contribution in [3.8, 4) is 0 Å². The fourth-order valence-electron chi connectivity index (χ4n) is 3.58. The quantitative estimate of drug-likeness (QED) is 0.357. The van der Waals surface area contributed by atoms with Crippen molar-refractivity contribution >= 4 is 57.3 Å². The van der Waals surface area contributed by atoms with Crippen molar-refractivity contribution in [1.29, 1.82) is 0 Å². The minimum Gasteiger partial charge on any atom is -0.321 e. The maximum Gasteiger partial charge on any atom is 0.257 e. The Morgan fingerprint density at radius 3 is 2.50 bits per heavy atom. The first-order valence-corrected chi connectivity index (χ1v) is 11.4. The zero-order valence-electron chi connectivity index (χ0n) is 16.2. The van der Waals surface area contributed by atoms with Crippen LogP contribution in [0.3, 0.4) is 0 Å². The lowest BCUT2D eigenvalue weighted by Crippen LogP contribution is -2.45. The van der Waals surface area contributed by atoms with Crippen LogP contribution in [0.5, 0.6) is 0 Å². The van der Waals surface area contributed by atoms with Gasteiger partial charge in [0.25, 0.3) is 11.8 Å². The molecule has 2 heterocycles. The summed E-state index contributed by atoms with van der Waals surface area (Å²) in [5.41, 5.74) is 1.92. The lowest BCUT2D eigenvalue weighted by Gasteiger charge is -2.28. The zero-order valence-corrected chi connectivity index (χ0v) is 19.2. The van der Waals surface area contributed by atoms with Gasteiger partial charge in [-0.1, -0.05) is 24.3 Å². The average Bonchev–Trinajstić information content (AvgIpc) is 3.35. The van der Waals surface area contributed by atoms with Crippen LogP contribution in [-0.4, -0.2) is 28.7 Å². The van der Waals surface area contributed by atoms with Crippen LogP contribution in [0.4, 0.5) is 5.69 Å². The number of hydrogen-bond donors (Lipinski definition) is 0. The van der Waals surface area contributed by atoms with E-state index in [1.807, 2.05) is 54.8 Å². The minimum atomic E-state index is -0.828. The number of halogens is 1. The summed E-state index contributed by atoms with van der Waals surface area (Å²) in [4.78, 5) is 43.3. The third-order valence-corrected chi connectivity index (χ3v) is 6.71. The molecule has 3 aromatic rings. The zero-order chi connectivity index (χ0) is 21.3. The molecule has 1 fully saturated rings. The van der Waals surface area contributed by atoms with E-state index in [9.17, 15) is 14.4 Å². The van der Waals surface area contributed by atoms with Crippen LogP contribution in [0.2, 0.25) is 0 Å². The Hall–Kier alpha value is -2.52. The van der Waals surface area contributed by atoms with Gasteiger partial charge >= 0.3 is 0 Å². The summed E-state index contributed by atoms with van der Waals surface area (Å²) >= 11 is 3.70. The third kappa shape index (κ3) is 4.04. The average molecular weight is 530 g/mol. The number of hydrogen-bond acceptors (Lipinski definition) is 4. The molecule has 1 aromatic heterocycles. The summed E-state index contributed by atoms with van der Waals surface area (Å²) in [6.45, 7) is 2.16. The Labute approximate surface area is 192 Å². The molecule has 1 atom stereocenters. The van der Waals surface area contributed by atoms with Crippen LogP contribution < -0.4 is 4.90 Å². The van der Waals surface area contributed by atoms with Gasteiger partial charge in [-0.25, -0.2) is 4.90 Å². The molecule has 4 rings (SSSR count). The van der Waals surface area contributed by atoms with Crippen LogP contribution in [0.25, 0.3) is 0 Å². The topological polar surface area (TPSA) is 57.7 Å². The molecule has 0 aliphatic carbocycles. The van der Waals surface area contributed by atoms with E-state index in [1.54, 1.807) is 23.1 Å². The molecule has 0 N–H and O–H groups in total. The van der Waals surface area contributed by atoms with E-state index in [2.05, 4.69) is 22.6 Å². The van der Waals surface area contributed by atoms with Gasteiger partial charge in [-0.05, 0) is 76.9 Å². The maximum absolute atomic E-state index is 13.5. The van der Waals surface area contributed by atoms with E-state index >= 15 is 0 Å². The van der Waals surface area contributed by atoms with Crippen molar-refractivity contribution in [1.82, 2.24) is 4.90 Å². The Balaban J connectivity index is 1.69. The van der Waals surface area contributed by atoms with Gasteiger partial charge in [0.15, 0.2) is 0 Å². The Bertz CT molecular complexity index is 1100. The molecule has 1 unspecified atom stereocenters. The summed E-state index contributed by atoms with van der Waals surface area (Å²) in [7, 11) is 0. The maximum atomic E-state index is 13.5. The first-order valence-electron chi connectivity index (χ1n) is 9.47. The fourth-order valence-corrected chi connectivity index (χ4v) is 4.64. The molecule has 0 saturated carbocycles. The van der Waals surface area contributed by atoms with Crippen LogP contribution in [0, 0.1) is 10.5 Å². The normalized spacial score (nSPS) is 16.2. The number of benzene rings is 2. The largest absolute Gasteiger partial charge is 0.321 e. The number of rotatable bonds is 5. The smallest absolute Gasteiger partial charge is 0.257 e. The predicted octanol–water partition coefficient (Wildman–Crippen LogP) is 4.64. The van der Waals surface area contributed by atoms with Gasteiger partial charge in [0.05, 0.1) is 18.7 Å². The van der Waals surface area contributed by atoms with Gasteiger partial charge in [0.2, 0.25) is 5.91 Å². The van der Waals surface area contributed by atoms with Gasteiger partial charge in [0.1, 0.15) is 6.04 Å². The van der Waals surface area contributed by atoms with Crippen molar-refractivity contribution < 1.29 is 14.4 Å². The number of nitrogens with zero attached hydrogens (tertiary/aromatic N) is 2. The molecule has 0 radical (unpaired) electrons. The molecular weight excluding hydrogens is 511 g/mol. The van der Waals surface area contributed by atoms with Crippen molar-refractivity contribution in [2.45, 2.75) is 25.9 Å². The van der Waals surface area contributed by atoms with E-state index in [1.165, 1.54) is 16.2 Å². The number of anilines is 1. The Morgan fingerprint density at radius 1 is 1.10 bits per heavy atom. The van der Waals surface area contributed by atoms with Gasteiger partial charge in [-0.15, -0.1) is 11.3 Å². The molecule has 3 amide bonds. The summed E-state index contributed by atoms with van der Waals surface area (Å²) in [5.74, 6) is -0.892. The number of amides is 3. The molecule has 7 heteroatoms. The van der Waals surface area contributed by atoms with Crippen molar-refractivity contribution in [2.24, 2.45) is 0 Å². The minimum absolute atomic E-state index is 0.0200. The third-order valence-electron chi connectivity index (χ3n) is 5.13. The van der Waals surface area contributed by atoms with E-state index in [-0.39, 0.29) is 30.7 Å². The predicted molar refractivity (Wildman–Crippen MR) is 125 cm³/mol. The van der Waals surface area contributed by atoms with Gasteiger partial charge < -0.3 is 4.90 Å². The van der Waals surface area contributed by atoms with Crippen LogP contribution in [-0.2, 0) is 16.1 Å². The Kier molecular flexibility index (Phi) is 6.01. The lowest BCUT2D eigenvalue weighted by atomic mass is 10.1. The number of imide groups is 1. The van der Waals surface area contributed by atoms with E-state index < -0.39 is 6.04 Å². The number of thiophene rings is 1. The summed E-state index contributed by atoms with van der Waals surface area (Å²) in [6, 6.07) is 17.5. The molecule has 30 heavy (non-hydrogen) atoms.